The quantitative estimate of drug-likeness (QED) is 0.522. The Morgan fingerprint density at radius 3 is 2.33 bits per heavy atom. The van der Waals surface area contributed by atoms with Crippen LogP contribution in [0.1, 0.15) is 62.0 Å². The fourth-order valence-corrected chi connectivity index (χ4v) is 7.80. The van der Waals surface area contributed by atoms with Gasteiger partial charge in [-0.05, 0) is 56.9 Å². The van der Waals surface area contributed by atoms with Gasteiger partial charge in [0.05, 0.1) is 0 Å². The number of amides is 1. The number of benzene rings is 1. The average Bonchev–Trinajstić information content (AvgIpc) is 3.33. The SMILES string of the molecule is Cc1noc(C=Cc2ccc(F)cc2F)c1S(=O)(=O)N1CCC(C(=O)N2CCN(C3CCCCC3)CC2)CC1. The Labute approximate surface area is 228 Å². The van der Waals surface area contributed by atoms with Crippen LogP contribution >= 0.6 is 0 Å². The van der Waals surface area contributed by atoms with Crippen LogP contribution in [0.2, 0.25) is 0 Å². The molecule has 0 radical (unpaired) electrons. The van der Waals surface area contributed by atoms with Crippen molar-refractivity contribution in [3.05, 3.63) is 46.9 Å². The number of nitrogens with zero attached hydrogens (tertiary/aromatic N) is 4. The van der Waals surface area contributed by atoms with E-state index >= 15 is 0 Å². The van der Waals surface area contributed by atoms with Gasteiger partial charge in [-0.25, -0.2) is 17.2 Å². The molecule has 0 bridgehead atoms. The van der Waals surface area contributed by atoms with E-state index in [2.05, 4.69) is 10.1 Å². The number of carbonyl (C=O) groups is 1. The van der Waals surface area contributed by atoms with Crippen molar-refractivity contribution in [3.8, 4) is 0 Å². The average molecular weight is 563 g/mol. The van der Waals surface area contributed by atoms with E-state index in [9.17, 15) is 22.0 Å². The third kappa shape index (κ3) is 6.10. The van der Waals surface area contributed by atoms with Crippen molar-refractivity contribution in [1.82, 2.24) is 19.3 Å². The van der Waals surface area contributed by atoms with Gasteiger partial charge in [0.1, 0.15) is 17.3 Å². The minimum absolute atomic E-state index is 0.0229. The predicted molar refractivity (Wildman–Crippen MR) is 143 cm³/mol. The third-order valence-corrected chi connectivity index (χ3v) is 10.4. The van der Waals surface area contributed by atoms with Gasteiger partial charge in [0.15, 0.2) is 10.7 Å². The zero-order valence-electron chi connectivity index (χ0n) is 22.3. The summed E-state index contributed by atoms with van der Waals surface area (Å²) in [4.78, 5) is 17.7. The molecule has 8 nitrogen and oxygen atoms in total. The number of piperidine rings is 1. The van der Waals surface area contributed by atoms with Crippen LogP contribution in [-0.2, 0) is 14.8 Å². The third-order valence-electron chi connectivity index (χ3n) is 8.33. The maximum atomic E-state index is 14.0. The Bertz CT molecular complexity index is 1310. The fourth-order valence-electron chi connectivity index (χ4n) is 6.08. The van der Waals surface area contributed by atoms with E-state index in [0.717, 1.165) is 38.3 Å². The highest BCUT2D eigenvalue weighted by Gasteiger charge is 2.37. The molecule has 1 amide bonds. The molecule has 212 valence electrons. The highest BCUT2D eigenvalue weighted by atomic mass is 32.2. The molecule has 2 aliphatic heterocycles. The lowest BCUT2D eigenvalue weighted by Gasteiger charge is -2.42. The van der Waals surface area contributed by atoms with Gasteiger partial charge < -0.3 is 9.42 Å². The van der Waals surface area contributed by atoms with E-state index in [1.807, 2.05) is 4.90 Å². The molecule has 0 spiro atoms. The van der Waals surface area contributed by atoms with Crippen molar-refractivity contribution >= 4 is 28.1 Å². The number of sulfonamides is 1. The molecular weight excluding hydrogens is 526 g/mol. The number of hydrogen-bond donors (Lipinski definition) is 0. The second-order valence-electron chi connectivity index (χ2n) is 10.8. The molecule has 3 aliphatic rings. The standard InChI is InChI=1S/C28H36F2N4O4S/c1-20-27(26(38-31-20)10-8-21-7-9-23(29)19-25(21)30)39(36,37)34-13-11-22(12-14-34)28(35)33-17-15-32(16-18-33)24-5-3-2-4-6-24/h7-10,19,22,24H,2-6,11-18H2,1H3. The molecule has 5 rings (SSSR count). The van der Waals surface area contributed by atoms with E-state index in [4.69, 9.17) is 4.52 Å². The van der Waals surface area contributed by atoms with Crippen LogP contribution in [0.25, 0.3) is 12.2 Å². The Morgan fingerprint density at radius 2 is 1.67 bits per heavy atom. The van der Waals surface area contributed by atoms with Crippen molar-refractivity contribution in [2.75, 3.05) is 39.3 Å². The summed E-state index contributed by atoms with van der Waals surface area (Å²) in [6, 6.07) is 3.79. The highest BCUT2D eigenvalue weighted by Crippen LogP contribution is 2.30. The number of halogens is 2. The molecule has 2 aromatic rings. The maximum Gasteiger partial charge on any atom is 0.248 e. The Morgan fingerprint density at radius 1 is 0.974 bits per heavy atom. The number of carbonyl (C=O) groups excluding carboxylic acids is 1. The zero-order valence-corrected chi connectivity index (χ0v) is 23.1. The molecule has 3 heterocycles. The highest BCUT2D eigenvalue weighted by molar-refractivity contribution is 7.89. The van der Waals surface area contributed by atoms with Crippen LogP contribution in [0.5, 0.6) is 0 Å². The first-order chi connectivity index (χ1) is 18.7. The predicted octanol–water partition coefficient (Wildman–Crippen LogP) is 4.31. The van der Waals surface area contributed by atoms with E-state index in [1.165, 1.54) is 61.6 Å². The van der Waals surface area contributed by atoms with E-state index in [-0.39, 0.29) is 46.8 Å². The molecule has 0 unspecified atom stereocenters. The van der Waals surface area contributed by atoms with Gasteiger partial charge in [0, 0.05) is 62.9 Å². The first-order valence-corrected chi connectivity index (χ1v) is 15.3. The van der Waals surface area contributed by atoms with Gasteiger partial charge in [0.2, 0.25) is 15.9 Å². The van der Waals surface area contributed by atoms with Crippen LogP contribution in [0.4, 0.5) is 8.78 Å². The van der Waals surface area contributed by atoms with Gasteiger partial charge in [-0.2, -0.15) is 4.31 Å². The summed E-state index contributed by atoms with van der Waals surface area (Å²) in [6.07, 6.45) is 10.00. The normalized spacial score (nSPS) is 21.2. The fraction of sp³-hybridized carbons (Fsp3) is 0.571. The smallest absolute Gasteiger partial charge is 0.248 e. The summed E-state index contributed by atoms with van der Waals surface area (Å²) in [5, 5.41) is 3.82. The van der Waals surface area contributed by atoms with Crippen molar-refractivity contribution in [1.29, 1.82) is 0 Å². The molecule has 3 fully saturated rings. The summed E-state index contributed by atoms with van der Waals surface area (Å²) in [5.41, 5.74) is 0.288. The summed E-state index contributed by atoms with van der Waals surface area (Å²) >= 11 is 0. The summed E-state index contributed by atoms with van der Waals surface area (Å²) < 4.78 is 60.9. The van der Waals surface area contributed by atoms with Crippen molar-refractivity contribution in [3.63, 3.8) is 0 Å². The minimum atomic E-state index is -3.95. The van der Waals surface area contributed by atoms with Crippen LogP contribution < -0.4 is 0 Å². The molecule has 39 heavy (non-hydrogen) atoms. The largest absolute Gasteiger partial charge is 0.355 e. The van der Waals surface area contributed by atoms with Gasteiger partial charge >= 0.3 is 0 Å². The van der Waals surface area contributed by atoms with Crippen molar-refractivity contribution in [2.24, 2.45) is 5.92 Å². The number of hydrogen-bond acceptors (Lipinski definition) is 6. The van der Waals surface area contributed by atoms with E-state index in [1.54, 1.807) is 0 Å². The lowest BCUT2D eigenvalue weighted by molar-refractivity contribution is -0.139. The molecule has 1 aromatic carbocycles. The lowest BCUT2D eigenvalue weighted by atomic mass is 9.93. The molecule has 11 heteroatoms. The Kier molecular flexibility index (Phi) is 8.49. The maximum absolute atomic E-state index is 14.0. The number of piperazine rings is 1. The van der Waals surface area contributed by atoms with Crippen LogP contribution in [0.3, 0.4) is 0 Å². The molecule has 1 aliphatic carbocycles. The Hall–Kier alpha value is -2.63. The van der Waals surface area contributed by atoms with Crippen LogP contribution in [0.15, 0.2) is 27.6 Å². The molecular formula is C28H36F2N4O4S. The lowest BCUT2D eigenvalue weighted by Crippen LogP contribution is -2.54. The first kappa shape index (κ1) is 27.9. The van der Waals surface area contributed by atoms with Crippen molar-refractivity contribution < 1.29 is 26.5 Å². The van der Waals surface area contributed by atoms with Crippen molar-refractivity contribution in [2.45, 2.75) is 62.8 Å². The molecule has 1 saturated carbocycles. The molecule has 1 aromatic heterocycles. The summed E-state index contributed by atoms with van der Waals surface area (Å²) in [5.74, 6) is -1.56. The van der Waals surface area contributed by atoms with E-state index < -0.39 is 21.7 Å². The number of rotatable bonds is 6. The first-order valence-electron chi connectivity index (χ1n) is 13.9. The summed E-state index contributed by atoms with van der Waals surface area (Å²) in [6.45, 7) is 5.27. The summed E-state index contributed by atoms with van der Waals surface area (Å²) in [7, 11) is -3.95. The minimum Gasteiger partial charge on any atom is -0.355 e. The number of aromatic nitrogens is 1. The van der Waals surface area contributed by atoms with Gasteiger partial charge in [-0.15, -0.1) is 0 Å². The molecule has 0 N–H and O–H groups in total. The molecule has 2 saturated heterocycles. The zero-order chi connectivity index (χ0) is 27.6. The monoisotopic (exact) mass is 562 g/mol. The van der Waals surface area contributed by atoms with Gasteiger partial charge in [-0.1, -0.05) is 24.4 Å². The van der Waals surface area contributed by atoms with Crippen LogP contribution in [0, 0.1) is 24.5 Å². The number of aryl methyl sites for hydroxylation is 1. The molecule has 0 atom stereocenters. The van der Waals surface area contributed by atoms with Crippen LogP contribution in [-0.4, -0.2) is 78.9 Å². The second-order valence-corrected chi connectivity index (χ2v) is 12.7. The Balaban J connectivity index is 1.19. The van der Waals surface area contributed by atoms with Gasteiger partial charge in [0.25, 0.3) is 0 Å². The topological polar surface area (TPSA) is 87.0 Å². The van der Waals surface area contributed by atoms with Gasteiger partial charge in [-0.3, -0.25) is 9.69 Å². The second kappa shape index (κ2) is 11.9. The van der Waals surface area contributed by atoms with E-state index in [0.29, 0.717) is 18.9 Å².